The van der Waals surface area contributed by atoms with Gasteiger partial charge in [0.25, 0.3) is 0 Å². The van der Waals surface area contributed by atoms with Gasteiger partial charge in [-0.2, -0.15) is 0 Å². The fourth-order valence-electron chi connectivity index (χ4n) is 2.14. The minimum Gasteiger partial charge on any atom is -0.336 e. The first kappa shape index (κ1) is 9.09. The highest BCUT2D eigenvalue weighted by Gasteiger charge is 2.43. The molecule has 66 valence electrons. The molecule has 0 aromatic rings. The molecule has 0 aliphatic heterocycles. The first-order chi connectivity index (χ1) is 4.94. The average Bonchev–Trinajstić information content (AvgIpc) is 2.00. The van der Waals surface area contributed by atoms with E-state index in [1.807, 2.05) is 0 Å². The molecule has 1 saturated carbocycles. The third-order valence-electron chi connectivity index (χ3n) is 4.20. The van der Waals surface area contributed by atoms with E-state index in [9.17, 15) is 0 Å². The van der Waals surface area contributed by atoms with Crippen molar-refractivity contribution in [1.29, 1.82) is 0 Å². The van der Waals surface area contributed by atoms with Crippen molar-refractivity contribution >= 4 is 0 Å². The largest absolute Gasteiger partial charge is 0.336 e. The van der Waals surface area contributed by atoms with Crippen LogP contribution in [0.5, 0.6) is 0 Å². The van der Waals surface area contributed by atoms with Gasteiger partial charge in [-0.15, -0.1) is 5.41 Å². The van der Waals surface area contributed by atoms with Crippen LogP contribution in [0, 0.1) is 23.7 Å². The molecule has 1 fully saturated rings. The summed E-state index contributed by atoms with van der Waals surface area (Å²) in [4.78, 5) is 0. The molecule has 0 aromatic heterocycles. The average molecular weight is 153 g/mol. The van der Waals surface area contributed by atoms with E-state index in [1.54, 1.807) is 0 Å². The zero-order valence-corrected chi connectivity index (χ0v) is 8.41. The van der Waals surface area contributed by atoms with Gasteiger partial charge in [0.15, 0.2) is 0 Å². The van der Waals surface area contributed by atoms with Crippen LogP contribution in [-0.2, 0) is 0 Å². The highest BCUT2D eigenvalue weighted by molar-refractivity contribution is 5.03. The monoisotopic (exact) mass is 153 g/mol. The maximum absolute atomic E-state index is 4.40. The molecule has 0 nitrogen and oxygen atoms in total. The van der Waals surface area contributed by atoms with Crippen LogP contribution in [-0.4, -0.2) is 0 Å². The molecular formula is C11H21-. The third-order valence-corrected chi connectivity index (χ3v) is 4.20. The van der Waals surface area contributed by atoms with E-state index in [2.05, 4.69) is 34.6 Å². The molecule has 0 N–H and O–H groups in total. The van der Waals surface area contributed by atoms with Gasteiger partial charge in [-0.1, -0.05) is 58.3 Å². The molecule has 0 saturated heterocycles. The Hall–Kier alpha value is 0. The zero-order chi connectivity index (χ0) is 8.70. The van der Waals surface area contributed by atoms with Crippen LogP contribution in [0.2, 0.25) is 0 Å². The van der Waals surface area contributed by atoms with E-state index in [1.165, 1.54) is 19.3 Å². The van der Waals surface area contributed by atoms with E-state index >= 15 is 0 Å². The molecule has 11 heavy (non-hydrogen) atoms. The van der Waals surface area contributed by atoms with Crippen LogP contribution in [0.1, 0.15) is 47.0 Å². The zero-order valence-electron chi connectivity index (χ0n) is 8.41. The first-order valence-corrected chi connectivity index (χ1v) is 4.79. The Labute approximate surface area is 71.4 Å². The lowest BCUT2D eigenvalue weighted by Crippen LogP contribution is -2.47. The van der Waals surface area contributed by atoms with Gasteiger partial charge in [0.05, 0.1) is 0 Å². The summed E-state index contributed by atoms with van der Waals surface area (Å²) in [5.41, 5.74) is 0.812. The summed E-state index contributed by atoms with van der Waals surface area (Å²) in [6, 6.07) is 0. The Kier molecular flexibility index (Phi) is 2.07. The van der Waals surface area contributed by atoms with Crippen LogP contribution >= 0.6 is 0 Å². The lowest BCUT2D eigenvalue weighted by Gasteiger charge is -2.62. The predicted octanol–water partition coefficient (Wildman–Crippen LogP) is 3.67. The van der Waals surface area contributed by atoms with Gasteiger partial charge in [0, 0.05) is 0 Å². The molecule has 1 rings (SSSR count). The summed E-state index contributed by atoms with van der Waals surface area (Å²) in [5, 5.41) is 0. The minimum absolute atomic E-state index is 0.377. The van der Waals surface area contributed by atoms with Crippen LogP contribution in [0.15, 0.2) is 0 Å². The maximum Gasteiger partial charge on any atom is -0.0529 e. The number of hydrogen-bond donors (Lipinski definition) is 0. The summed E-state index contributed by atoms with van der Waals surface area (Å²) < 4.78 is 0. The van der Waals surface area contributed by atoms with Crippen molar-refractivity contribution in [3.63, 3.8) is 0 Å². The van der Waals surface area contributed by atoms with Gasteiger partial charge in [-0.3, -0.25) is 0 Å². The lowest BCUT2D eigenvalue weighted by molar-refractivity contribution is -0.0332. The van der Waals surface area contributed by atoms with Crippen LogP contribution < -0.4 is 0 Å². The minimum atomic E-state index is 0.377. The maximum atomic E-state index is 4.40. The van der Waals surface area contributed by atoms with Gasteiger partial charge in [0.1, 0.15) is 0 Å². The van der Waals surface area contributed by atoms with Crippen molar-refractivity contribution < 1.29 is 0 Å². The summed E-state index contributed by atoms with van der Waals surface area (Å²) >= 11 is 0. The normalized spacial score (nSPS) is 38.5. The van der Waals surface area contributed by atoms with Gasteiger partial charge in [-0.25, -0.2) is 0 Å². The molecule has 0 aromatic carbocycles. The molecule has 2 unspecified atom stereocenters. The molecular weight excluding hydrogens is 132 g/mol. The Morgan fingerprint density at radius 2 is 2.09 bits per heavy atom. The third kappa shape index (κ3) is 1.11. The SMILES string of the molecule is [CH2-]C1(C(C)(C)CC)CCC1C. The smallest absolute Gasteiger partial charge is 0.0529 e. The van der Waals surface area contributed by atoms with Crippen molar-refractivity contribution in [2.24, 2.45) is 16.7 Å². The van der Waals surface area contributed by atoms with Crippen LogP contribution in [0.3, 0.4) is 0 Å². The molecule has 2 atom stereocenters. The summed E-state index contributed by atoms with van der Waals surface area (Å²) in [7, 11) is 0. The highest BCUT2D eigenvalue weighted by atomic mass is 14.5. The second kappa shape index (κ2) is 2.50. The second-order valence-electron chi connectivity index (χ2n) is 4.83. The van der Waals surface area contributed by atoms with Crippen molar-refractivity contribution in [2.45, 2.75) is 47.0 Å². The standard InChI is InChI=1S/C11H21/c1-6-10(3,4)11(5)8-7-9(11)2/h9H,5-8H2,1-4H3/q-1. The molecule has 0 spiro atoms. The quantitative estimate of drug-likeness (QED) is 0.531. The summed E-state index contributed by atoms with van der Waals surface area (Å²) in [6.07, 6.45) is 3.96. The molecule has 0 heterocycles. The van der Waals surface area contributed by atoms with Crippen molar-refractivity contribution in [3.05, 3.63) is 6.92 Å². The Balaban J connectivity index is 2.72. The van der Waals surface area contributed by atoms with Gasteiger partial charge in [-0.05, 0) is 0 Å². The molecule has 0 bridgehead atoms. The van der Waals surface area contributed by atoms with E-state index < -0.39 is 0 Å². The van der Waals surface area contributed by atoms with Gasteiger partial charge in [0.2, 0.25) is 0 Å². The molecule has 0 amide bonds. The van der Waals surface area contributed by atoms with E-state index in [0.29, 0.717) is 10.8 Å². The molecule has 0 radical (unpaired) electrons. The Bertz CT molecular complexity index is 146. The lowest BCUT2D eigenvalue weighted by atomic mass is 9.49. The van der Waals surface area contributed by atoms with Gasteiger partial charge >= 0.3 is 0 Å². The first-order valence-electron chi connectivity index (χ1n) is 4.79. The van der Waals surface area contributed by atoms with E-state index in [-0.39, 0.29) is 0 Å². The summed E-state index contributed by atoms with van der Waals surface area (Å²) in [5.74, 6) is 0.831. The highest BCUT2D eigenvalue weighted by Crippen LogP contribution is 2.58. The Morgan fingerprint density at radius 1 is 1.55 bits per heavy atom. The second-order valence-corrected chi connectivity index (χ2v) is 4.83. The molecule has 1 aliphatic carbocycles. The van der Waals surface area contributed by atoms with Crippen molar-refractivity contribution in [2.75, 3.05) is 0 Å². The fourth-order valence-corrected chi connectivity index (χ4v) is 2.14. The fraction of sp³-hybridized carbons (Fsp3) is 0.909. The van der Waals surface area contributed by atoms with Crippen LogP contribution in [0.25, 0.3) is 0 Å². The van der Waals surface area contributed by atoms with Crippen molar-refractivity contribution in [1.82, 2.24) is 0 Å². The predicted molar refractivity (Wildman–Crippen MR) is 50.3 cm³/mol. The van der Waals surface area contributed by atoms with Crippen LogP contribution in [0.4, 0.5) is 0 Å². The number of hydrogen-bond acceptors (Lipinski definition) is 0. The summed E-state index contributed by atoms with van der Waals surface area (Å²) in [6.45, 7) is 13.7. The number of rotatable bonds is 2. The topological polar surface area (TPSA) is 0 Å². The van der Waals surface area contributed by atoms with E-state index in [0.717, 1.165) is 5.92 Å². The van der Waals surface area contributed by atoms with Crippen molar-refractivity contribution in [3.8, 4) is 0 Å². The molecule has 1 aliphatic rings. The molecule has 0 heteroatoms. The Morgan fingerprint density at radius 3 is 2.18 bits per heavy atom. The van der Waals surface area contributed by atoms with Gasteiger partial charge < -0.3 is 6.92 Å². The van der Waals surface area contributed by atoms with E-state index in [4.69, 9.17) is 0 Å².